The molecule has 0 fully saturated rings. The van der Waals surface area contributed by atoms with Gasteiger partial charge in [0.25, 0.3) is 10.0 Å². The molecule has 1 aliphatic rings. The van der Waals surface area contributed by atoms with E-state index in [0.717, 1.165) is 16.5 Å². The van der Waals surface area contributed by atoms with E-state index in [1.807, 2.05) is 19.2 Å². The van der Waals surface area contributed by atoms with E-state index in [1.54, 1.807) is 24.1 Å². The molecule has 2 heterocycles. The van der Waals surface area contributed by atoms with Gasteiger partial charge in [0.05, 0.1) is 6.54 Å². The van der Waals surface area contributed by atoms with E-state index in [0.29, 0.717) is 29.6 Å². The fraction of sp³-hybridized carbons (Fsp3) is 0.412. The maximum atomic E-state index is 13.0. The predicted molar refractivity (Wildman–Crippen MR) is 109 cm³/mol. The topological polar surface area (TPSA) is 74.1 Å². The van der Waals surface area contributed by atoms with Crippen molar-refractivity contribution >= 4 is 55.2 Å². The first-order chi connectivity index (χ1) is 12.4. The van der Waals surface area contributed by atoms with Gasteiger partial charge < -0.3 is 0 Å². The van der Waals surface area contributed by atoms with Crippen molar-refractivity contribution in [1.82, 2.24) is 9.73 Å². The zero-order valence-corrected chi connectivity index (χ0v) is 17.2. The Morgan fingerprint density at radius 2 is 2.23 bits per heavy atom. The number of aliphatic imine (C=N–C) groups is 1. The summed E-state index contributed by atoms with van der Waals surface area (Å²) in [6.07, 6.45) is 2.79. The molecule has 2 aromatic rings. The van der Waals surface area contributed by atoms with Crippen LogP contribution < -0.4 is 4.72 Å². The second-order valence-corrected chi connectivity index (χ2v) is 9.44. The molecular weight excluding hydrogens is 392 g/mol. The standard InChI is InChI=1S/C17H21ClN4O2S2/c1-4-12-9-20-22(10-12)17(19-5-2)21-26(23,24)16-11(3)14-8-13(18)6-7-15(14)25-16/h6-9,12H,4-5,10H2,1-3H3,(H,19,21). The number of rotatable bonds is 4. The van der Waals surface area contributed by atoms with Gasteiger partial charge in [0.15, 0.2) is 0 Å². The Labute approximate surface area is 162 Å². The molecule has 6 nitrogen and oxygen atoms in total. The number of hydrogen-bond donors (Lipinski definition) is 1. The highest BCUT2D eigenvalue weighted by Gasteiger charge is 2.27. The van der Waals surface area contributed by atoms with Gasteiger partial charge in [-0.05, 0) is 49.4 Å². The van der Waals surface area contributed by atoms with E-state index in [2.05, 4.69) is 21.7 Å². The molecule has 1 aromatic carbocycles. The lowest BCUT2D eigenvalue weighted by Crippen LogP contribution is -2.41. The third kappa shape index (κ3) is 3.72. The summed E-state index contributed by atoms with van der Waals surface area (Å²) in [5.41, 5.74) is 0.687. The number of guanidine groups is 1. The number of thiophene rings is 1. The molecule has 1 atom stereocenters. The molecule has 1 aliphatic heterocycles. The number of sulfonamides is 1. The Morgan fingerprint density at radius 1 is 1.46 bits per heavy atom. The van der Waals surface area contributed by atoms with Crippen LogP contribution in [0.25, 0.3) is 10.1 Å². The molecule has 0 spiro atoms. The SMILES string of the molecule is CCN=C(NS(=O)(=O)c1sc2ccc(Cl)cc2c1C)N1CC(CC)C=N1. The Kier molecular flexibility index (Phi) is 5.55. The number of nitrogens with zero attached hydrogens (tertiary/aromatic N) is 3. The maximum absolute atomic E-state index is 13.0. The largest absolute Gasteiger partial charge is 0.274 e. The normalized spacial score (nSPS) is 18.1. The van der Waals surface area contributed by atoms with E-state index in [9.17, 15) is 8.42 Å². The molecule has 26 heavy (non-hydrogen) atoms. The van der Waals surface area contributed by atoms with Gasteiger partial charge in [0, 0.05) is 28.4 Å². The van der Waals surface area contributed by atoms with Crippen molar-refractivity contribution < 1.29 is 8.42 Å². The lowest BCUT2D eigenvalue weighted by Gasteiger charge is -2.19. The molecule has 1 N–H and O–H groups in total. The number of aryl methyl sites for hydroxylation is 1. The lowest BCUT2D eigenvalue weighted by molar-refractivity contribution is 0.429. The molecule has 140 valence electrons. The van der Waals surface area contributed by atoms with Crippen molar-refractivity contribution in [2.45, 2.75) is 31.4 Å². The van der Waals surface area contributed by atoms with Gasteiger partial charge in [-0.3, -0.25) is 4.99 Å². The summed E-state index contributed by atoms with van der Waals surface area (Å²) in [5, 5.41) is 7.35. The van der Waals surface area contributed by atoms with Crippen LogP contribution in [0.2, 0.25) is 5.02 Å². The molecule has 1 unspecified atom stereocenters. The first-order valence-corrected chi connectivity index (χ1v) is 11.1. The number of hydrazone groups is 1. The zero-order chi connectivity index (χ0) is 18.9. The molecular formula is C17H21ClN4O2S2. The minimum Gasteiger partial charge on any atom is -0.251 e. The quantitative estimate of drug-likeness (QED) is 0.612. The minimum absolute atomic E-state index is 0.259. The Morgan fingerprint density at radius 3 is 2.88 bits per heavy atom. The first kappa shape index (κ1) is 19.1. The Bertz CT molecular complexity index is 982. The van der Waals surface area contributed by atoms with Crippen LogP contribution in [-0.2, 0) is 10.0 Å². The highest BCUT2D eigenvalue weighted by atomic mass is 35.5. The lowest BCUT2D eigenvalue weighted by atomic mass is 10.1. The fourth-order valence-electron chi connectivity index (χ4n) is 2.78. The molecule has 9 heteroatoms. The van der Waals surface area contributed by atoms with E-state index in [4.69, 9.17) is 11.6 Å². The zero-order valence-electron chi connectivity index (χ0n) is 14.9. The molecule has 3 rings (SSSR count). The first-order valence-electron chi connectivity index (χ1n) is 8.43. The van der Waals surface area contributed by atoms with Gasteiger partial charge in [-0.15, -0.1) is 11.3 Å². The van der Waals surface area contributed by atoms with Gasteiger partial charge in [0.2, 0.25) is 5.96 Å². The van der Waals surface area contributed by atoms with Crippen LogP contribution in [0.15, 0.2) is 32.5 Å². The van der Waals surface area contributed by atoms with Crippen molar-refractivity contribution in [3.05, 3.63) is 28.8 Å². The van der Waals surface area contributed by atoms with Crippen LogP contribution in [0.3, 0.4) is 0 Å². The Hall–Kier alpha value is -1.64. The van der Waals surface area contributed by atoms with Gasteiger partial charge in [-0.25, -0.2) is 18.1 Å². The van der Waals surface area contributed by atoms with Crippen molar-refractivity contribution in [2.75, 3.05) is 13.1 Å². The highest BCUT2D eigenvalue weighted by molar-refractivity contribution is 7.92. The van der Waals surface area contributed by atoms with Crippen LogP contribution in [0.1, 0.15) is 25.8 Å². The number of fused-ring (bicyclic) bond motifs is 1. The summed E-state index contributed by atoms with van der Waals surface area (Å²) >= 11 is 7.28. The average Bonchev–Trinajstić information content (AvgIpc) is 3.20. The van der Waals surface area contributed by atoms with Crippen LogP contribution in [0.4, 0.5) is 0 Å². The molecule has 0 aliphatic carbocycles. The van der Waals surface area contributed by atoms with Crippen molar-refractivity contribution in [3.8, 4) is 0 Å². The van der Waals surface area contributed by atoms with Crippen molar-refractivity contribution in [2.24, 2.45) is 16.0 Å². The highest BCUT2D eigenvalue weighted by Crippen LogP contribution is 2.35. The molecule has 0 saturated carbocycles. The molecule has 0 amide bonds. The van der Waals surface area contributed by atoms with E-state index < -0.39 is 10.0 Å². The fourth-order valence-corrected chi connectivity index (χ4v) is 5.72. The third-order valence-electron chi connectivity index (χ3n) is 4.23. The molecule has 1 aromatic heterocycles. The van der Waals surface area contributed by atoms with Crippen LogP contribution >= 0.6 is 22.9 Å². The summed E-state index contributed by atoms with van der Waals surface area (Å²) in [4.78, 5) is 4.31. The molecule has 0 radical (unpaired) electrons. The van der Waals surface area contributed by atoms with Crippen LogP contribution in [0, 0.1) is 12.8 Å². The second kappa shape index (κ2) is 7.54. The smallest absolute Gasteiger partial charge is 0.251 e. The number of nitrogens with one attached hydrogen (secondary N) is 1. The number of halogens is 1. The van der Waals surface area contributed by atoms with E-state index >= 15 is 0 Å². The van der Waals surface area contributed by atoms with Gasteiger partial charge in [-0.1, -0.05) is 18.5 Å². The second-order valence-electron chi connectivity index (χ2n) is 6.07. The summed E-state index contributed by atoms with van der Waals surface area (Å²) in [5.74, 6) is 0.560. The average molecular weight is 413 g/mol. The van der Waals surface area contributed by atoms with Crippen molar-refractivity contribution in [3.63, 3.8) is 0 Å². The minimum atomic E-state index is -3.77. The van der Waals surface area contributed by atoms with E-state index in [1.165, 1.54) is 11.3 Å². The monoisotopic (exact) mass is 412 g/mol. The van der Waals surface area contributed by atoms with Gasteiger partial charge in [-0.2, -0.15) is 5.10 Å². The summed E-state index contributed by atoms with van der Waals surface area (Å²) in [6, 6.07) is 5.39. The van der Waals surface area contributed by atoms with Crippen molar-refractivity contribution in [1.29, 1.82) is 0 Å². The van der Waals surface area contributed by atoms with Gasteiger partial charge in [0.1, 0.15) is 4.21 Å². The number of hydrogen-bond acceptors (Lipinski definition) is 5. The predicted octanol–water partition coefficient (Wildman–Crippen LogP) is 3.84. The summed E-state index contributed by atoms with van der Waals surface area (Å²) in [7, 11) is -3.77. The van der Waals surface area contributed by atoms with Gasteiger partial charge >= 0.3 is 0 Å². The molecule has 0 saturated heterocycles. The van der Waals surface area contributed by atoms with Crippen LogP contribution in [-0.4, -0.2) is 38.7 Å². The maximum Gasteiger partial charge on any atom is 0.274 e. The van der Waals surface area contributed by atoms with E-state index in [-0.39, 0.29) is 10.2 Å². The number of benzene rings is 1. The van der Waals surface area contributed by atoms with Crippen LogP contribution in [0.5, 0.6) is 0 Å². The Balaban J connectivity index is 1.93. The molecule has 0 bridgehead atoms. The summed E-state index contributed by atoms with van der Waals surface area (Å²) in [6.45, 7) is 6.81. The third-order valence-corrected chi connectivity index (χ3v) is 7.68. The summed E-state index contributed by atoms with van der Waals surface area (Å²) < 4.78 is 29.8.